The minimum absolute atomic E-state index is 0.0242. The molecule has 0 radical (unpaired) electrons. The number of ether oxygens (including phenoxy) is 3. The zero-order valence-corrected chi connectivity index (χ0v) is 25.0. The Balaban J connectivity index is 0.000000592. The predicted molar refractivity (Wildman–Crippen MR) is 150 cm³/mol. The second-order valence-electron chi connectivity index (χ2n) is 9.68. The molecule has 2 heterocycles. The third kappa shape index (κ3) is 10.3. The molecule has 1 aromatic heterocycles. The van der Waals surface area contributed by atoms with Crippen molar-refractivity contribution in [3.63, 3.8) is 0 Å². The summed E-state index contributed by atoms with van der Waals surface area (Å²) in [6.45, 7) is 8.18. The van der Waals surface area contributed by atoms with Crippen LogP contribution in [0.5, 0.6) is 11.5 Å². The second kappa shape index (κ2) is 17.1. The summed E-state index contributed by atoms with van der Waals surface area (Å²) in [4.78, 5) is 48.1. The van der Waals surface area contributed by atoms with Gasteiger partial charge in [-0.2, -0.15) is 0 Å². The lowest BCUT2D eigenvalue weighted by atomic mass is 9.98. The number of alkyl halides is 1. The van der Waals surface area contributed by atoms with Crippen molar-refractivity contribution in [3.8, 4) is 11.5 Å². The number of aliphatic hydroxyl groups is 1. The quantitative estimate of drug-likeness (QED) is 0.211. The molecule has 15 heteroatoms. The van der Waals surface area contributed by atoms with Gasteiger partial charge in [0.05, 0.1) is 0 Å². The van der Waals surface area contributed by atoms with Crippen molar-refractivity contribution < 1.29 is 43.0 Å². The molecule has 42 heavy (non-hydrogen) atoms. The molecular formula is C27H39FN3O10P. The average Bonchev–Trinajstić information content (AvgIpc) is 3.16. The lowest BCUT2D eigenvalue weighted by molar-refractivity contribution is -0.169. The predicted octanol–water partition coefficient (Wildman–Crippen LogP) is 2.91. The molecule has 1 aromatic carbocycles. The summed E-state index contributed by atoms with van der Waals surface area (Å²) in [7, 11) is -2.73. The van der Waals surface area contributed by atoms with Gasteiger partial charge in [-0.3, -0.25) is 18.9 Å². The first-order valence-electron chi connectivity index (χ1n) is 13.6. The maximum Gasteiger partial charge on any atom is 0.395 e. The Labute approximate surface area is 243 Å². The van der Waals surface area contributed by atoms with E-state index < -0.39 is 55.5 Å². The second-order valence-corrected chi connectivity index (χ2v) is 10.6. The van der Waals surface area contributed by atoms with E-state index in [9.17, 15) is 24.4 Å². The van der Waals surface area contributed by atoms with Gasteiger partial charge in [0.15, 0.2) is 23.7 Å². The van der Waals surface area contributed by atoms with Gasteiger partial charge in [-0.25, -0.2) is 14.0 Å². The van der Waals surface area contributed by atoms with Gasteiger partial charge in [0, 0.05) is 25.5 Å². The molecule has 1 aliphatic heterocycles. The number of aliphatic hydroxyl groups excluding tert-OH is 1. The van der Waals surface area contributed by atoms with E-state index in [0.717, 1.165) is 37.0 Å². The van der Waals surface area contributed by atoms with Gasteiger partial charge in [-0.15, -0.1) is 0 Å². The van der Waals surface area contributed by atoms with Gasteiger partial charge >= 0.3 is 19.8 Å². The van der Waals surface area contributed by atoms with Crippen LogP contribution in [0.2, 0.25) is 0 Å². The van der Waals surface area contributed by atoms with E-state index in [1.165, 1.54) is 44.7 Å². The van der Waals surface area contributed by atoms with Crippen molar-refractivity contribution in [2.24, 2.45) is 4.74 Å². The average molecular weight is 616 g/mol. The molecule has 6 atom stereocenters. The fourth-order valence-electron chi connectivity index (χ4n) is 3.67. The molecule has 3 rings (SSSR count). The maximum atomic E-state index is 15.2. The Hall–Kier alpha value is -3.16. The van der Waals surface area contributed by atoms with Gasteiger partial charge in [0.2, 0.25) is 5.75 Å². The number of aromatic amines is 1. The first-order valence-corrected chi connectivity index (χ1v) is 14.8. The number of benzene rings is 1. The number of nitrogens with zero attached hydrogens (tertiary/aromatic N) is 2. The van der Waals surface area contributed by atoms with Crippen LogP contribution < -0.4 is 25.4 Å². The van der Waals surface area contributed by atoms with Crippen molar-refractivity contribution in [3.05, 3.63) is 57.4 Å². The first kappa shape index (κ1) is 35.0. The van der Waals surface area contributed by atoms with Gasteiger partial charge in [0.1, 0.15) is 18.8 Å². The van der Waals surface area contributed by atoms with Gasteiger partial charge in [-0.05, 0) is 38.8 Å². The van der Waals surface area contributed by atoms with Crippen LogP contribution in [-0.2, 0) is 14.3 Å². The maximum absolute atomic E-state index is 15.2. The molecule has 1 aliphatic rings. The summed E-state index contributed by atoms with van der Waals surface area (Å²) in [5.74, 6) is -1.24. The molecule has 13 nitrogen and oxygen atoms in total. The fourth-order valence-corrected chi connectivity index (χ4v) is 4.42. The van der Waals surface area contributed by atoms with Crippen LogP contribution in [0.15, 0.2) is 50.9 Å². The number of halogens is 1. The minimum atomic E-state index is -2.73. The number of carboxylic acid groups (broad SMARTS) is 1. The molecule has 0 bridgehead atoms. The van der Waals surface area contributed by atoms with E-state index in [2.05, 4.69) is 18.6 Å². The van der Waals surface area contributed by atoms with E-state index in [4.69, 9.17) is 23.8 Å². The molecule has 0 spiro atoms. The van der Waals surface area contributed by atoms with Crippen LogP contribution in [0.4, 0.5) is 4.39 Å². The Morgan fingerprint density at radius 2 is 1.83 bits per heavy atom. The van der Waals surface area contributed by atoms with Crippen LogP contribution in [0.1, 0.15) is 59.6 Å². The Morgan fingerprint density at radius 1 is 1.21 bits per heavy atom. The van der Waals surface area contributed by atoms with E-state index in [0.29, 0.717) is 0 Å². The van der Waals surface area contributed by atoms with E-state index in [-0.39, 0.29) is 18.1 Å². The zero-order valence-electron chi connectivity index (χ0n) is 24.1. The van der Waals surface area contributed by atoms with E-state index >= 15 is 4.39 Å². The topological polar surface area (TPSA) is 185 Å². The number of aromatic nitrogens is 2. The molecule has 2 aromatic rings. The number of hydrogen-bond acceptors (Lipinski definition) is 10. The summed E-state index contributed by atoms with van der Waals surface area (Å²) < 4.78 is 41.1. The number of unbranched alkanes of at least 4 members (excludes halogenated alkanes) is 2. The molecule has 0 saturated carbocycles. The van der Waals surface area contributed by atoms with Crippen LogP contribution in [0, 0.1) is 0 Å². The summed E-state index contributed by atoms with van der Waals surface area (Å²) in [6, 6.07) is 5.72. The molecule has 1 saturated heterocycles. The third-order valence-corrected chi connectivity index (χ3v) is 7.05. The standard InChI is InChI=1S/C19H21FN3O9P.C8H18O/c1-10(16(26)27)22-33(29)32-12-6-4-3-5-11(12)30-9-13-15(25)19(2,20)17(31-13)23-8-7-14(24)21-18(23)28;1-3-5-7-9-8-6-4-2/h3-8,10,13,15,17,25H,9H2,1-2H3,(H,26,27)(H,21,24,28);3-8H2,1-2H3/t10-,13+,15+,17+,19+;/m0./s1. The van der Waals surface area contributed by atoms with Crippen LogP contribution in [0.3, 0.4) is 0 Å². The molecule has 1 fully saturated rings. The smallest absolute Gasteiger partial charge is 0.395 e. The molecule has 1 unspecified atom stereocenters. The Kier molecular flexibility index (Phi) is 14.2. The summed E-state index contributed by atoms with van der Waals surface area (Å²) >= 11 is 0. The van der Waals surface area contributed by atoms with Crippen LogP contribution >= 0.6 is 8.17 Å². The van der Waals surface area contributed by atoms with Crippen molar-refractivity contribution >= 4 is 14.1 Å². The lowest BCUT2D eigenvalue weighted by Crippen LogP contribution is -2.43. The number of nitrogens with one attached hydrogen (secondary N) is 1. The highest BCUT2D eigenvalue weighted by atomic mass is 31.1. The summed E-state index contributed by atoms with van der Waals surface area (Å²) in [5.41, 5.74) is -3.98. The van der Waals surface area contributed by atoms with Crippen LogP contribution in [0.25, 0.3) is 0 Å². The monoisotopic (exact) mass is 615 g/mol. The summed E-state index contributed by atoms with van der Waals surface area (Å²) in [6.07, 6.45) is 1.51. The van der Waals surface area contributed by atoms with Gasteiger partial charge in [0.25, 0.3) is 5.56 Å². The minimum Gasteiger partial charge on any atom is -0.575 e. The molecule has 0 aliphatic carbocycles. The molecule has 234 valence electrons. The molecule has 0 amide bonds. The Bertz CT molecular complexity index is 1280. The number of carbonyl (C=O) groups is 1. The number of H-pyrrole nitrogens is 1. The van der Waals surface area contributed by atoms with Crippen molar-refractivity contribution in [1.29, 1.82) is 0 Å². The zero-order chi connectivity index (χ0) is 31.3. The summed E-state index contributed by atoms with van der Waals surface area (Å²) in [5, 5.41) is 19.3. The molecule has 3 N–H and O–H groups in total. The number of rotatable bonds is 14. The third-order valence-electron chi connectivity index (χ3n) is 6.16. The van der Waals surface area contributed by atoms with E-state index in [1.54, 1.807) is 12.1 Å². The number of hydrogen-bond donors (Lipinski definition) is 3. The highest BCUT2D eigenvalue weighted by Crippen LogP contribution is 2.41. The molecular weight excluding hydrogens is 576 g/mol. The highest BCUT2D eigenvalue weighted by molar-refractivity contribution is 7.34. The van der Waals surface area contributed by atoms with Crippen molar-refractivity contribution in [2.75, 3.05) is 19.8 Å². The number of carboxylic acids is 1. The van der Waals surface area contributed by atoms with Crippen molar-refractivity contribution in [2.45, 2.75) is 83.5 Å². The number of aliphatic carboxylic acids is 1. The normalized spacial score (nSPS) is 22.6. The Morgan fingerprint density at radius 3 is 2.40 bits per heavy atom. The highest BCUT2D eigenvalue weighted by Gasteiger charge is 2.55. The van der Waals surface area contributed by atoms with Crippen LogP contribution in [-0.4, -0.2) is 69.5 Å². The first-order chi connectivity index (χ1) is 19.9. The van der Waals surface area contributed by atoms with Crippen molar-refractivity contribution in [1.82, 2.24) is 9.55 Å². The lowest BCUT2D eigenvalue weighted by Gasteiger charge is -2.24. The number of para-hydroxylation sites is 2. The van der Waals surface area contributed by atoms with Gasteiger partial charge in [-0.1, -0.05) is 43.6 Å². The fraction of sp³-hybridized carbons (Fsp3) is 0.593. The SMILES string of the molecule is CCCCOCCCC.C[C@H](N=[P+]([O-])Oc1ccccc1OC[C@H]1O[C@@H](n2ccc(=O)[nH]c2=O)[C@](C)(F)[C@@H]1O)C(=O)O. The van der Waals surface area contributed by atoms with Gasteiger partial charge < -0.3 is 29.3 Å². The largest absolute Gasteiger partial charge is 0.575 e. The van der Waals surface area contributed by atoms with E-state index in [1.807, 2.05) is 4.98 Å².